The normalized spacial score (nSPS) is 10.4. The van der Waals surface area contributed by atoms with E-state index in [0.29, 0.717) is 0 Å². The Kier molecular flexibility index (Phi) is 3.30. The standard InChI is InChI=1S/C14H17NS/c1-10-6-11(2)14(12(3)7-10)15-8-13-4-5-16-9-13/h4-7,9,15H,8H2,1-3H3. The first-order chi connectivity index (χ1) is 7.66. The van der Waals surface area contributed by atoms with Gasteiger partial charge >= 0.3 is 0 Å². The van der Waals surface area contributed by atoms with Crippen molar-refractivity contribution in [3.8, 4) is 0 Å². The van der Waals surface area contributed by atoms with E-state index < -0.39 is 0 Å². The van der Waals surface area contributed by atoms with E-state index in [1.807, 2.05) is 0 Å². The average Bonchev–Trinajstić information content (AvgIpc) is 2.68. The lowest BCUT2D eigenvalue weighted by Gasteiger charge is -2.13. The van der Waals surface area contributed by atoms with Crippen LogP contribution in [0.5, 0.6) is 0 Å². The molecule has 0 amide bonds. The molecule has 0 aliphatic carbocycles. The Hall–Kier alpha value is -1.28. The molecular formula is C14H17NS. The van der Waals surface area contributed by atoms with Crippen molar-refractivity contribution in [1.82, 2.24) is 0 Å². The molecular weight excluding hydrogens is 214 g/mol. The van der Waals surface area contributed by atoms with Crippen molar-refractivity contribution in [2.24, 2.45) is 0 Å². The van der Waals surface area contributed by atoms with E-state index in [4.69, 9.17) is 0 Å². The zero-order valence-corrected chi connectivity index (χ0v) is 10.8. The molecule has 1 nitrogen and oxygen atoms in total. The number of rotatable bonds is 3. The molecule has 0 saturated heterocycles. The monoisotopic (exact) mass is 231 g/mol. The molecule has 0 radical (unpaired) electrons. The number of benzene rings is 1. The summed E-state index contributed by atoms with van der Waals surface area (Å²) in [5.41, 5.74) is 6.61. The molecule has 0 fully saturated rings. The van der Waals surface area contributed by atoms with E-state index >= 15 is 0 Å². The molecule has 84 valence electrons. The van der Waals surface area contributed by atoms with Gasteiger partial charge < -0.3 is 5.32 Å². The van der Waals surface area contributed by atoms with Crippen LogP contribution in [0.1, 0.15) is 22.3 Å². The fraction of sp³-hybridized carbons (Fsp3) is 0.286. The Morgan fingerprint density at radius 2 is 1.81 bits per heavy atom. The second-order valence-corrected chi connectivity index (χ2v) is 5.04. The Labute approximate surface area is 101 Å². The van der Waals surface area contributed by atoms with Crippen LogP contribution in [0.3, 0.4) is 0 Å². The van der Waals surface area contributed by atoms with Crippen molar-refractivity contribution in [3.05, 3.63) is 51.2 Å². The van der Waals surface area contributed by atoms with Crippen LogP contribution < -0.4 is 5.32 Å². The SMILES string of the molecule is Cc1cc(C)c(NCc2ccsc2)c(C)c1. The third-order valence-electron chi connectivity index (χ3n) is 2.73. The first-order valence-electron chi connectivity index (χ1n) is 5.49. The summed E-state index contributed by atoms with van der Waals surface area (Å²) in [5, 5.41) is 7.82. The van der Waals surface area contributed by atoms with E-state index in [2.05, 4.69) is 55.0 Å². The molecule has 0 aliphatic heterocycles. The maximum Gasteiger partial charge on any atom is 0.0409 e. The molecule has 0 aliphatic rings. The highest BCUT2D eigenvalue weighted by atomic mass is 32.1. The third kappa shape index (κ3) is 2.45. The molecule has 0 spiro atoms. The summed E-state index contributed by atoms with van der Waals surface area (Å²) < 4.78 is 0. The zero-order valence-electron chi connectivity index (χ0n) is 10.0. The Balaban J connectivity index is 2.15. The number of thiophene rings is 1. The second-order valence-electron chi connectivity index (χ2n) is 4.26. The summed E-state index contributed by atoms with van der Waals surface area (Å²) >= 11 is 1.75. The van der Waals surface area contributed by atoms with Crippen molar-refractivity contribution < 1.29 is 0 Å². The molecule has 0 unspecified atom stereocenters. The molecule has 1 aromatic heterocycles. The minimum atomic E-state index is 0.911. The highest BCUT2D eigenvalue weighted by Gasteiger charge is 2.03. The van der Waals surface area contributed by atoms with Crippen molar-refractivity contribution in [3.63, 3.8) is 0 Å². The zero-order chi connectivity index (χ0) is 11.5. The van der Waals surface area contributed by atoms with E-state index in [-0.39, 0.29) is 0 Å². The number of hydrogen-bond donors (Lipinski definition) is 1. The van der Waals surface area contributed by atoms with Gasteiger partial charge in [-0.2, -0.15) is 11.3 Å². The summed E-state index contributed by atoms with van der Waals surface area (Å²) in [6.07, 6.45) is 0. The van der Waals surface area contributed by atoms with Crippen LogP contribution >= 0.6 is 11.3 Å². The minimum Gasteiger partial charge on any atom is -0.381 e. The summed E-state index contributed by atoms with van der Waals surface area (Å²) in [5.74, 6) is 0. The number of hydrogen-bond acceptors (Lipinski definition) is 2. The van der Waals surface area contributed by atoms with Gasteiger partial charge in [-0.05, 0) is 54.3 Å². The maximum absolute atomic E-state index is 3.52. The van der Waals surface area contributed by atoms with Crippen LogP contribution in [0, 0.1) is 20.8 Å². The smallest absolute Gasteiger partial charge is 0.0409 e. The quantitative estimate of drug-likeness (QED) is 0.831. The first kappa shape index (κ1) is 11.2. The van der Waals surface area contributed by atoms with E-state index in [0.717, 1.165) is 6.54 Å². The average molecular weight is 231 g/mol. The van der Waals surface area contributed by atoms with Gasteiger partial charge in [0.15, 0.2) is 0 Å². The predicted octanol–water partition coefficient (Wildman–Crippen LogP) is 4.29. The summed E-state index contributed by atoms with van der Waals surface area (Å²) in [6.45, 7) is 7.38. The van der Waals surface area contributed by atoms with Gasteiger partial charge in [0, 0.05) is 12.2 Å². The van der Waals surface area contributed by atoms with Gasteiger partial charge in [0.2, 0.25) is 0 Å². The fourth-order valence-electron chi connectivity index (χ4n) is 2.04. The molecule has 0 bridgehead atoms. The van der Waals surface area contributed by atoms with Crippen LogP contribution in [-0.4, -0.2) is 0 Å². The molecule has 2 aromatic rings. The van der Waals surface area contributed by atoms with Crippen molar-refractivity contribution in [2.45, 2.75) is 27.3 Å². The van der Waals surface area contributed by atoms with Gasteiger partial charge in [0.1, 0.15) is 0 Å². The number of anilines is 1. The lowest BCUT2D eigenvalue weighted by molar-refractivity contribution is 1.14. The largest absolute Gasteiger partial charge is 0.381 e. The van der Waals surface area contributed by atoms with E-state index in [1.165, 1.54) is 27.9 Å². The molecule has 16 heavy (non-hydrogen) atoms. The van der Waals surface area contributed by atoms with Gasteiger partial charge in [-0.1, -0.05) is 17.7 Å². The fourth-order valence-corrected chi connectivity index (χ4v) is 2.71. The van der Waals surface area contributed by atoms with Gasteiger partial charge in [0.25, 0.3) is 0 Å². The van der Waals surface area contributed by atoms with E-state index in [9.17, 15) is 0 Å². The third-order valence-corrected chi connectivity index (χ3v) is 3.46. The number of nitrogens with one attached hydrogen (secondary N) is 1. The van der Waals surface area contributed by atoms with Gasteiger partial charge in [-0.3, -0.25) is 0 Å². The highest BCUT2D eigenvalue weighted by molar-refractivity contribution is 7.07. The second kappa shape index (κ2) is 4.71. The molecule has 1 N–H and O–H groups in total. The van der Waals surface area contributed by atoms with Crippen LogP contribution in [0.25, 0.3) is 0 Å². The lowest BCUT2D eigenvalue weighted by atomic mass is 10.1. The molecule has 1 heterocycles. The Bertz CT molecular complexity index is 448. The van der Waals surface area contributed by atoms with Crippen LogP contribution in [0.4, 0.5) is 5.69 Å². The summed E-state index contributed by atoms with van der Waals surface area (Å²) in [4.78, 5) is 0. The van der Waals surface area contributed by atoms with E-state index in [1.54, 1.807) is 11.3 Å². The molecule has 1 aromatic carbocycles. The topological polar surface area (TPSA) is 12.0 Å². The van der Waals surface area contributed by atoms with Crippen molar-refractivity contribution in [2.75, 3.05) is 5.32 Å². The van der Waals surface area contributed by atoms with Gasteiger partial charge in [-0.25, -0.2) is 0 Å². The number of aryl methyl sites for hydroxylation is 3. The molecule has 0 saturated carbocycles. The Morgan fingerprint density at radius 1 is 1.12 bits per heavy atom. The molecule has 2 rings (SSSR count). The van der Waals surface area contributed by atoms with Gasteiger partial charge in [0.05, 0.1) is 0 Å². The summed E-state index contributed by atoms with van der Waals surface area (Å²) in [7, 11) is 0. The maximum atomic E-state index is 3.52. The minimum absolute atomic E-state index is 0.911. The summed E-state index contributed by atoms with van der Waals surface area (Å²) in [6, 6.07) is 6.61. The van der Waals surface area contributed by atoms with Crippen LogP contribution in [0.2, 0.25) is 0 Å². The van der Waals surface area contributed by atoms with Crippen molar-refractivity contribution >= 4 is 17.0 Å². The molecule has 2 heteroatoms. The van der Waals surface area contributed by atoms with Gasteiger partial charge in [-0.15, -0.1) is 0 Å². The first-order valence-corrected chi connectivity index (χ1v) is 6.44. The predicted molar refractivity (Wildman–Crippen MR) is 72.3 cm³/mol. The highest BCUT2D eigenvalue weighted by Crippen LogP contribution is 2.22. The lowest BCUT2D eigenvalue weighted by Crippen LogP contribution is -2.02. The van der Waals surface area contributed by atoms with Crippen LogP contribution in [-0.2, 0) is 6.54 Å². The Morgan fingerprint density at radius 3 is 2.38 bits per heavy atom. The van der Waals surface area contributed by atoms with Crippen molar-refractivity contribution in [1.29, 1.82) is 0 Å². The molecule has 0 atom stereocenters. The van der Waals surface area contributed by atoms with Crippen LogP contribution in [0.15, 0.2) is 29.0 Å².